The second-order valence-corrected chi connectivity index (χ2v) is 15.2. The average Bonchev–Trinajstić information content (AvgIpc) is 3.94. The highest BCUT2D eigenvalue weighted by Crippen LogP contribution is 2.38. The van der Waals surface area contributed by atoms with E-state index in [2.05, 4.69) is 52.4 Å². The Labute approximate surface area is 295 Å². The lowest BCUT2D eigenvalue weighted by Gasteiger charge is -2.27. The predicted molar refractivity (Wildman–Crippen MR) is 197 cm³/mol. The number of hydrogen-bond acceptors (Lipinski definition) is 6. The van der Waals surface area contributed by atoms with Gasteiger partial charge in [-0.1, -0.05) is 70.2 Å². The van der Waals surface area contributed by atoms with Gasteiger partial charge in [0.1, 0.15) is 11.6 Å². The zero-order valence-corrected chi connectivity index (χ0v) is 29.9. The Morgan fingerprint density at radius 2 is 1.32 bits per heavy atom. The normalized spacial score (nSPS) is 20.5. The summed E-state index contributed by atoms with van der Waals surface area (Å²) in [7, 11) is 0. The van der Waals surface area contributed by atoms with Crippen molar-refractivity contribution >= 4 is 11.8 Å². The molecule has 0 unspecified atom stereocenters. The topological polar surface area (TPSA) is 150 Å². The standard InChI is InChI=1S/C40H52N8O2/c1-23(2)34(41)39(49)47-19-7-11-32(47)37-43-22-31(45-37)26-15-13-25(14-16-26)27-17-18-29-28(21-27)9-5-6-10-30-36(29)46-38(44-30)33-12-8-20-48(33)40(50)35(42)24(3)4/h13-18,21-24,32-35H,5-12,19-20,41-42H2,1-4H3,(H,43,45)(H,44,46)/t32-,33-,34-,35-/m0/s1. The van der Waals surface area contributed by atoms with E-state index < -0.39 is 12.1 Å². The van der Waals surface area contributed by atoms with Crippen LogP contribution >= 0.6 is 0 Å². The van der Waals surface area contributed by atoms with Gasteiger partial charge in [0.2, 0.25) is 11.8 Å². The van der Waals surface area contributed by atoms with Gasteiger partial charge in [0.25, 0.3) is 0 Å². The van der Waals surface area contributed by atoms with Crippen LogP contribution in [0.5, 0.6) is 0 Å². The molecule has 4 atom stereocenters. The molecule has 2 fully saturated rings. The third-order valence-electron chi connectivity index (χ3n) is 11.1. The Balaban J connectivity index is 1.10. The van der Waals surface area contributed by atoms with Gasteiger partial charge in [-0.05, 0) is 85.5 Å². The fraction of sp³-hybridized carbons (Fsp3) is 0.500. The molecule has 264 valence electrons. The number of nitrogens with two attached hydrogens (primary N) is 2. The highest BCUT2D eigenvalue weighted by atomic mass is 16.2. The minimum absolute atomic E-state index is 0.00406. The van der Waals surface area contributed by atoms with Gasteiger partial charge < -0.3 is 31.2 Å². The van der Waals surface area contributed by atoms with Crippen LogP contribution in [-0.2, 0) is 22.4 Å². The third kappa shape index (κ3) is 6.51. The molecule has 2 aliphatic heterocycles. The van der Waals surface area contributed by atoms with Gasteiger partial charge in [0, 0.05) is 24.3 Å². The summed E-state index contributed by atoms with van der Waals surface area (Å²) in [5.41, 5.74) is 21.5. The zero-order valence-electron chi connectivity index (χ0n) is 29.9. The number of aryl methyl sites for hydroxylation is 2. The summed E-state index contributed by atoms with van der Waals surface area (Å²) in [6, 6.07) is 14.2. The number of rotatable bonds is 8. The number of aromatic amines is 2. The number of aromatic nitrogens is 4. The molecule has 2 aromatic carbocycles. The van der Waals surface area contributed by atoms with E-state index in [0.717, 1.165) is 97.8 Å². The maximum atomic E-state index is 13.3. The number of hydrogen-bond donors (Lipinski definition) is 4. The van der Waals surface area contributed by atoms with Gasteiger partial charge in [0.05, 0.1) is 41.8 Å². The van der Waals surface area contributed by atoms with Gasteiger partial charge in [-0.25, -0.2) is 9.97 Å². The number of fused-ring (bicyclic) bond motifs is 3. The van der Waals surface area contributed by atoms with E-state index >= 15 is 0 Å². The number of likely N-dealkylation sites (tertiary alicyclic amines) is 2. The summed E-state index contributed by atoms with van der Waals surface area (Å²) in [4.78, 5) is 47.2. The molecule has 0 spiro atoms. The summed E-state index contributed by atoms with van der Waals surface area (Å²) in [5, 5.41) is 0. The summed E-state index contributed by atoms with van der Waals surface area (Å²) in [6.45, 7) is 9.42. The molecule has 10 heteroatoms. The monoisotopic (exact) mass is 676 g/mol. The molecule has 7 rings (SSSR count). The molecule has 3 aliphatic rings. The molecule has 50 heavy (non-hydrogen) atoms. The smallest absolute Gasteiger partial charge is 0.240 e. The van der Waals surface area contributed by atoms with Crippen LogP contribution in [0, 0.1) is 11.8 Å². The van der Waals surface area contributed by atoms with Crippen molar-refractivity contribution in [3.8, 4) is 33.6 Å². The molecule has 4 aromatic rings. The van der Waals surface area contributed by atoms with Gasteiger partial charge in [-0.3, -0.25) is 9.59 Å². The fourth-order valence-corrected chi connectivity index (χ4v) is 7.90. The van der Waals surface area contributed by atoms with Crippen LogP contribution in [0.4, 0.5) is 0 Å². The number of carbonyl (C=O) groups excluding carboxylic acids is 2. The molecule has 1 aliphatic carbocycles. The molecular formula is C40H52N8O2. The van der Waals surface area contributed by atoms with Crippen LogP contribution in [0.15, 0.2) is 48.7 Å². The van der Waals surface area contributed by atoms with Crippen molar-refractivity contribution in [3.05, 3.63) is 71.6 Å². The Hall–Kier alpha value is -4.28. The summed E-state index contributed by atoms with van der Waals surface area (Å²) >= 11 is 0. The first kappa shape index (κ1) is 34.2. The first-order valence-electron chi connectivity index (χ1n) is 18.6. The van der Waals surface area contributed by atoms with Gasteiger partial charge in [-0.2, -0.15) is 0 Å². The molecule has 2 amide bonds. The second-order valence-electron chi connectivity index (χ2n) is 15.2. The van der Waals surface area contributed by atoms with E-state index in [0.29, 0.717) is 6.54 Å². The van der Waals surface area contributed by atoms with Gasteiger partial charge in [-0.15, -0.1) is 0 Å². The molecule has 10 nitrogen and oxygen atoms in total. The first-order valence-corrected chi connectivity index (χ1v) is 18.6. The van der Waals surface area contributed by atoms with Gasteiger partial charge >= 0.3 is 0 Å². The van der Waals surface area contributed by atoms with Crippen LogP contribution in [0.2, 0.25) is 0 Å². The highest BCUT2D eigenvalue weighted by Gasteiger charge is 2.37. The maximum absolute atomic E-state index is 13.3. The minimum atomic E-state index is -0.497. The van der Waals surface area contributed by atoms with E-state index in [9.17, 15) is 9.59 Å². The Morgan fingerprint density at radius 1 is 0.740 bits per heavy atom. The number of benzene rings is 2. The number of H-pyrrole nitrogens is 2. The van der Waals surface area contributed by atoms with Crippen molar-refractivity contribution in [2.24, 2.45) is 23.3 Å². The summed E-state index contributed by atoms with van der Waals surface area (Å²) in [5.74, 6) is 1.92. The molecular weight excluding hydrogens is 624 g/mol. The third-order valence-corrected chi connectivity index (χ3v) is 11.1. The number of imidazole rings is 2. The van der Waals surface area contributed by atoms with Crippen LogP contribution in [0.25, 0.3) is 33.6 Å². The molecule has 2 saturated heterocycles. The zero-order chi connectivity index (χ0) is 35.1. The lowest BCUT2D eigenvalue weighted by molar-refractivity contribution is -0.135. The number of nitrogens with one attached hydrogen (secondary N) is 2. The van der Waals surface area contributed by atoms with Crippen molar-refractivity contribution in [2.75, 3.05) is 13.1 Å². The van der Waals surface area contributed by atoms with Crippen molar-refractivity contribution in [2.45, 2.75) is 103 Å². The van der Waals surface area contributed by atoms with Crippen LogP contribution in [0.1, 0.15) is 101 Å². The number of amides is 2. The van der Waals surface area contributed by atoms with E-state index in [4.69, 9.17) is 21.4 Å². The molecule has 2 aromatic heterocycles. The molecule has 0 radical (unpaired) electrons. The lowest BCUT2D eigenvalue weighted by Crippen LogP contribution is -2.46. The van der Waals surface area contributed by atoms with Crippen molar-refractivity contribution in [1.29, 1.82) is 0 Å². The van der Waals surface area contributed by atoms with Crippen molar-refractivity contribution < 1.29 is 9.59 Å². The predicted octanol–water partition coefficient (Wildman–Crippen LogP) is 6.31. The van der Waals surface area contributed by atoms with Crippen molar-refractivity contribution in [3.63, 3.8) is 0 Å². The molecule has 6 N–H and O–H groups in total. The molecule has 0 bridgehead atoms. The largest absolute Gasteiger partial charge is 0.344 e. The quantitative estimate of drug-likeness (QED) is 0.172. The molecule has 0 saturated carbocycles. The summed E-state index contributed by atoms with van der Waals surface area (Å²) < 4.78 is 0. The first-order chi connectivity index (χ1) is 24.1. The van der Waals surface area contributed by atoms with E-state index in [-0.39, 0.29) is 35.7 Å². The number of nitrogens with zero attached hydrogens (tertiary/aromatic N) is 4. The van der Waals surface area contributed by atoms with Crippen LogP contribution in [0.3, 0.4) is 0 Å². The van der Waals surface area contributed by atoms with E-state index in [1.807, 2.05) is 43.7 Å². The SMILES string of the molecule is CC(C)[C@H](N)C(=O)N1CCC[C@H]1c1ncc(-c2ccc(-c3ccc4c(c3)CCCCc3[nH]c([C@@H]5CCCN5C(=O)[C@@H](N)C(C)C)nc3-4)cc2)[nH]1. The Morgan fingerprint density at radius 3 is 1.96 bits per heavy atom. The average molecular weight is 677 g/mol. The van der Waals surface area contributed by atoms with Crippen molar-refractivity contribution in [1.82, 2.24) is 29.7 Å². The summed E-state index contributed by atoms with van der Waals surface area (Å²) in [6.07, 6.45) is 9.70. The fourth-order valence-electron chi connectivity index (χ4n) is 7.90. The highest BCUT2D eigenvalue weighted by molar-refractivity contribution is 5.83. The van der Waals surface area contributed by atoms with Crippen LogP contribution in [-0.4, -0.2) is 66.7 Å². The molecule has 4 heterocycles. The second kappa shape index (κ2) is 14.2. The maximum Gasteiger partial charge on any atom is 0.240 e. The van der Waals surface area contributed by atoms with E-state index in [1.54, 1.807) is 0 Å². The Bertz CT molecular complexity index is 1840. The minimum Gasteiger partial charge on any atom is -0.344 e. The van der Waals surface area contributed by atoms with Gasteiger partial charge in [0.15, 0.2) is 0 Å². The Kier molecular flexibility index (Phi) is 9.67. The lowest BCUT2D eigenvalue weighted by atomic mass is 9.90. The van der Waals surface area contributed by atoms with Crippen LogP contribution < -0.4 is 11.5 Å². The number of carbonyl (C=O) groups is 2. The van der Waals surface area contributed by atoms with E-state index in [1.165, 1.54) is 16.7 Å².